The first-order valence-corrected chi connectivity index (χ1v) is 9.19. The van der Waals surface area contributed by atoms with Crippen LogP contribution in [0, 0.1) is 6.92 Å². The van der Waals surface area contributed by atoms with Crippen LogP contribution in [0.25, 0.3) is 6.08 Å². The number of rotatable bonds is 4. The van der Waals surface area contributed by atoms with Crippen LogP contribution in [-0.2, 0) is 9.53 Å². The number of carbonyl (C=O) groups excluding carboxylic acids is 1. The minimum atomic E-state index is -0.686. The van der Waals surface area contributed by atoms with Crippen molar-refractivity contribution in [3.05, 3.63) is 69.8 Å². The van der Waals surface area contributed by atoms with E-state index in [4.69, 9.17) is 9.47 Å². The summed E-state index contributed by atoms with van der Waals surface area (Å²) in [5.74, 6) is -0.684. The number of phenols is 1. The monoisotopic (exact) mass is 397 g/mol. The number of aliphatic imine (C=N–C) groups is 1. The number of ether oxygens (including phenoxy) is 2. The van der Waals surface area contributed by atoms with Crippen molar-refractivity contribution < 1.29 is 24.5 Å². The maximum absolute atomic E-state index is 12.2. The van der Waals surface area contributed by atoms with Gasteiger partial charge in [0.2, 0.25) is 0 Å². The molecule has 2 N–H and O–H groups in total. The number of hydrogen-bond acceptors (Lipinski definition) is 7. The van der Waals surface area contributed by atoms with Crippen LogP contribution in [0.3, 0.4) is 0 Å². The first kappa shape index (κ1) is 19.6. The van der Waals surface area contributed by atoms with Crippen molar-refractivity contribution in [2.45, 2.75) is 6.92 Å². The largest absolute Gasteiger partial charge is 0.506 e. The molecule has 1 aliphatic rings. The number of aryl methyl sites for hydroxylation is 1. The Morgan fingerprint density at radius 1 is 1.11 bits per heavy atom. The fourth-order valence-electron chi connectivity index (χ4n) is 2.59. The average molecular weight is 397 g/mol. The van der Waals surface area contributed by atoms with E-state index in [0.29, 0.717) is 26.9 Å². The van der Waals surface area contributed by atoms with Crippen LogP contribution in [0.1, 0.15) is 11.1 Å². The van der Waals surface area contributed by atoms with E-state index >= 15 is 0 Å². The molecule has 1 heterocycles. The molecule has 6 nitrogen and oxygen atoms in total. The summed E-state index contributed by atoms with van der Waals surface area (Å²) in [6.07, 6.45) is 1.57. The molecule has 0 saturated carbocycles. The minimum Gasteiger partial charge on any atom is -0.506 e. The van der Waals surface area contributed by atoms with Crippen LogP contribution in [0.4, 0.5) is 5.69 Å². The summed E-state index contributed by atoms with van der Waals surface area (Å²) in [6.45, 7) is 1.97. The van der Waals surface area contributed by atoms with E-state index in [-0.39, 0.29) is 17.1 Å². The summed E-state index contributed by atoms with van der Waals surface area (Å²) in [4.78, 5) is 17.1. The number of hydrogen-bond donors (Lipinski definition) is 2. The number of phenolic OH excluding ortho intramolecular Hbond substituents is 1. The summed E-state index contributed by atoms with van der Waals surface area (Å²) in [6, 6.07) is 12.5. The molecule has 144 valence electrons. The van der Waals surface area contributed by atoms with Crippen molar-refractivity contribution in [2.75, 3.05) is 14.2 Å². The first-order chi connectivity index (χ1) is 13.4. The fraction of sp³-hybridized carbons (Fsp3) is 0.143. The molecule has 7 heteroatoms. The Hall–Kier alpha value is -3.19. The SMILES string of the molecule is COC(=O)C1=C(O)/C(=C\c2cccc(OC)c2O)SC1=Nc1ccc(C)cc1. The molecular formula is C21H19NO5S. The molecule has 28 heavy (non-hydrogen) atoms. The van der Waals surface area contributed by atoms with Crippen LogP contribution < -0.4 is 4.74 Å². The van der Waals surface area contributed by atoms with Gasteiger partial charge < -0.3 is 19.7 Å². The normalized spacial score (nSPS) is 16.7. The molecule has 3 rings (SSSR count). The molecule has 0 aromatic heterocycles. The van der Waals surface area contributed by atoms with Crippen LogP contribution >= 0.6 is 11.8 Å². The number of esters is 1. The summed E-state index contributed by atoms with van der Waals surface area (Å²) >= 11 is 1.12. The molecule has 0 radical (unpaired) electrons. The van der Waals surface area contributed by atoms with Crippen molar-refractivity contribution in [2.24, 2.45) is 4.99 Å². The Labute approximate surface area is 166 Å². The Morgan fingerprint density at radius 2 is 1.82 bits per heavy atom. The maximum atomic E-state index is 12.2. The van der Waals surface area contributed by atoms with Gasteiger partial charge in [-0.15, -0.1) is 0 Å². The third-order valence-corrected chi connectivity index (χ3v) is 5.10. The van der Waals surface area contributed by atoms with E-state index in [2.05, 4.69) is 4.99 Å². The second kappa shape index (κ2) is 8.22. The molecule has 0 saturated heterocycles. The van der Waals surface area contributed by atoms with Gasteiger partial charge in [0.15, 0.2) is 11.5 Å². The van der Waals surface area contributed by atoms with E-state index in [0.717, 1.165) is 17.3 Å². The lowest BCUT2D eigenvalue weighted by Crippen LogP contribution is -2.10. The number of aliphatic hydroxyl groups is 1. The summed E-state index contributed by atoms with van der Waals surface area (Å²) in [7, 11) is 2.70. The minimum absolute atomic E-state index is 0.0123. The topological polar surface area (TPSA) is 88.4 Å². The number of carbonyl (C=O) groups is 1. The maximum Gasteiger partial charge on any atom is 0.344 e. The van der Waals surface area contributed by atoms with E-state index in [1.165, 1.54) is 14.2 Å². The molecule has 2 aromatic rings. The lowest BCUT2D eigenvalue weighted by atomic mass is 10.1. The highest BCUT2D eigenvalue weighted by Crippen LogP contribution is 2.42. The van der Waals surface area contributed by atoms with Crippen LogP contribution in [0.2, 0.25) is 0 Å². The highest BCUT2D eigenvalue weighted by molar-refractivity contribution is 8.18. The van der Waals surface area contributed by atoms with Gasteiger partial charge in [-0.25, -0.2) is 9.79 Å². The third-order valence-electron chi connectivity index (χ3n) is 4.08. The van der Waals surface area contributed by atoms with Crippen LogP contribution in [-0.4, -0.2) is 35.4 Å². The van der Waals surface area contributed by atoms with E-state index in [9.17, 15) is 15.0 Å². The van der Waals surface area contributed by atoms with E-state index in [1.54, 1.807) is 24.3 Å². The van der Waals surface area contributed by atoms with Crippen LogP contribution in [0.15, 0.2) is 63.7 Å². The zero-order valence-corrected chi connectivity index (χ0v) is 16.4. The Balaban J connectivity index is 2.06. The third kappa shape index (κ3) is 3.89. The predicted octanol–water partition coefficient (Wildman–Crippen LogP) is 4.51. The van der Waals surface area contributed by atoms with Gasteiger partial charge in [0.05, 0.1) is 24.8 Å². The van der Waals surface area contributed by atoms with Crippen molar-refractivity contribution in [1.82, 2.24) is 0 Å². The molecule has 0 spiro atoms. The molecule has 0 unspecified atom stereocenters. The highest BCUT2D eigenvalue weighted by atomic mass is 32.2. The van der Waals surface area contributed by atoms with Gasteiger partial charge in [0.1, 0.15) is 16.4 Å². The molecule has 2 aromatic carbocycles. The number of nitrogens with zero attached hydrogens (tertiary/aromatic N) is 1. The van der Waals surface area contributed by atoms with Gasteiger partial charge in [0.25, 0.3) is 0 Å². The van der Waals surface area contributed by atoms with Crippen molar-refractivity contribution in [3.8, 4) is 11.5 Å². The van der Waals surface area contributed by atoms with Gasteiger partial charge >= 0.3 is 5.97 Å². The molecule has 0 fully saturated rings. The Morgan fingerprint density at radius 3 is 2.46 bits per heavy atom. The average Bonchev–Trinajstić information content (AvgIpc) is 2.99. The molecule has 0 aliphatic carbocycles. The summed E-state index contributed by atoms with van der Waals surface area (Å²) in [5, 5.41) is 21.2. The quantitative estimate of drug-likeness (QED) is 0.738. The number of benzene rings is 2. The summed E-state index contributed by atoms with van der Waals surface area (Å²) < 4.78 is 9.91. The molecular weight excluding hydrogens is 378 g/mol. The van der Waals surface area contributed by atoms with Crippen molar-refractivity contribution in [3.63, 3.8) is 0 Å². The predicted molar refractivity (Wildman–Crippen MR) is 110 cm³/mol. The molecule has 0 bridgehead atoms. The number of aromatic hydroxyl groups is 1. The smallest absolute Gasteiger partial charge is 0.344 e. The Kier molecular flexibility index (Phi) is 5.75. The zero-order chi connectivity index (χ0) is 20.3. The van der Waals surface area contributed by atoms with Crippen LogP contribution in [0.5, 0.6) is 11.5 Å². The van der Waals surface area contributed by atoms with Crippen molar-refractivity contribution in [1.29, 1.82) is 0 Å². The molecule has 0 amide bonds. The van der Waals surface area contributed by atoms with Gasteiger partial charge in [-0.2, -0.15) is 0 Å². The van der Waals surface area contributed by atoms with Gasteiger partial charge in [-0.1, -0.05) is 41.6 Å². The van der Waals surface area contributed by atoms with Gasteiger partial charge in [-0.3, -0.25) is 0 Å². The molecule has 1 aliphatic heterocycles. The number of thioether (sulfide) groups is 1. The zero-order valence-electron chi connectivity index (χ0n) is 15.6. The van der Waals surface area contributed by atoms with Crippen molar-refractivity contribution >= 4 is 34.5 Å². The van der Waals surface area contributed by atoms with E-state index in [1.807, 2.05) is 31.2 Å². The lowest BCUT2D eigenvalue weighted by Gasteiger charge is -2.06. The second-order valence-corrected chi connectivity index (χ2v) is 7.01. The number of aliphatic hydroxyl groups excluding tert-OH is 1. The Bertz CT molecular complexity index is 1010. The molecule has 0 atom stereocenters. The fourth-order valence-corrected chi connectivity index (χ4v) is 3.61. The standard InChI is InChI=1S/C21H19NO5S/c1-12-7-9-14(10-8-12)22-20-17(21(25)27-3)19(24)16(28-20)11-13-5-4-6-15(26-2)18(13)23/h4-11,23-24H,1-3H3/b16-11+,22-20?. The number of para-hydroxylation sites is 1. The second-order valence-electron chi connectivity index (χ2n) is 5.98. The highest BCUT2D eigenvalue weighted by Gasteiger charge is 2.33. The first-order valence-electron chi connectivity index (χ1n) is 8.37. The van der Waals surface area contributed by atoms with E-state index < -0.39 is 5.97 Å². The van der Waals surface area contributed by atoms with Gasteiger partial charge in [0, 0.05) is 5.56 Å². The summed E-state index contributed by atoms with van der Waals surface area (Å²) in [5.41, 5.74) is 2.16. The van der Waals surface area contributed by atoms with Gasteiger partial charge in [-0.05, 0) is 31.2 Å². The number of methoxy groups -OCH3 is 2. The lowest BCUT2D eigenvalue weighted by molar-refractivity contribution is -0.135.